The van der Waals surface area contributed by atoms with Crippen molar-refractivity contribution in [1.82, 2.24) is 9.55 Å². The number of aromatic nitrogens is 2. The quantitative estimate of drug-likeness (QED) is 0.0201. The third kappa shape index (κ3) is 19.1. The average Bonchev–Trinajstić information content (AvgIpc) is 3.71. The highest BCUT2D eigenvalue weighted by Crippen LogP contribution is 2.69. The molecular formula is C40H55N2O19P3. The zero-order valence-corrected chi connectivity index (χ0v) is 38.4. The molecule has 0 spiro atoms. The zero-order valence-electron chi connectivity index (χ0n) is 35.7. The van der Waals surface area contributed by atoms with E-state index in [0.717, 1.165) is 23.8 Å². The van der Waals surface area contributed by atoms with Gasteiger partial charge in [-0.05, 0) is 61.7 Å². The van der Waals surface area contributed by atoms with Crippen molar-refractivity contribution in [3.05, 3.63) is 104 Å². The van der Waals surface area contributed by atoms with E-state index in [1.807, 2.05) is 0 Å². The van der Waals surface area contributed by atoms with Crippen molar-refractivity contribution in [3.8, 4) is 11.5 Å². The molecule has 0 saturated carbocycles. The number of ether oxygens (including phenoxy) is 5. The number of unbranched alkanes of at least 4 members (excludes halogenated alkanes) is 9. The number of nitrogens with zero attached hydrogens (tertiary/aromatic N) is 1. The van der Waals surface area contributed by atoms with E-state index in [4.69, 9.17) is 41.6 Å². The van der Waals surface area contributed by atoms with Gasteiger partial charge in [-0.2, -0.15) is 8.62 Å². The molecule has 24 heteroatoms. The van der Waals surface area contributed by atoms with E-state index < -0.39 is 79.2 Å². The fourth-order valence-electron chi connectivity index (χ4n) is 5.79. The second kappa shape index (κ2) is 26.1. The largest absolute Gasteiger partial charge is 0.513 e. The number of rotatable bonds is 28. The van der Waals surface area contributed by atoms with Gasteiger partial charge in [0.2, 0.25) is 0 Å². The Morgan fingerprint density at radius 3 is 1.78 bits per heavy atom. The van der Waals surface area contributed by atoms with E-state index in [0.29, 0.717) is 6.42 Å². The highest BCUT2D eigenvalue weighted by atomic mass is 31.3. The Morgan fingerprint density at radius 2 is 1.23 bits per heavy atom. The van der Waals surface area contributed by atoms with Crippen molar-refractivity contribution in [3.63, 3.8) is 0 Å². The summed E-state index contributed by atoms with van der Waals surface area (Å²) >= 11 is 0. The molecule has 3 N–H and O–H groups in total. The summed E-state index contributed by atoms with van der Waals surface area (Å²) in [5.41, 5.74) is -0.609. The summed E-state index contributed by atoms with van der Waals surface area (Å²) in [6, 6.07) is 11.1. The Balaban J connectivity index is 1.32. The Bertz CT molecular complexity index is 2250. The molecule has 5 atom stereocenters. The van der Waals surface area contributed by atoms with Gasteiger partial charge >= 0.3 is 41.5 Å². The molecule has 1 aromatic heterocycles. The van der Waals surface area contributed by atoms with Crippen molar-refractivity contribution >= 4 is 35.8 Å². The van der Waals surface area contributed by atoms with Crippen LogP contribution in [0.1, 0.15) is 101 Å². The van der Waals surface area contributed by atoms with Gasteiger partial charge in [-0.25, -0.2) is 28.1 Å². The molecule has 2 aromatic carbocycles. The summed E-state index contributed by atoms with van der Waals surface area (Å²) in [7, 11) is -16.5. The number of H-pyrrole nitrogens is 1. The molecule has 0 amide bonds. The summed E-state index contributed by atoms with van der Waals surface area (Å²) in [5, 5.41) is 0. The van der Waals surface area contributed by atoms with Gasteiger partial charge in [0.05, 0.1) is 33.0 Å². The van der Waals surface area contributed by atoms with Crippen molar-refractivity contribution in [2.75, 3.05) is 19.8 Å². The maximum Gasteiger partial charge on any atom is 0.513 e. The molecule has 0 saturated heterocycles. The lowest BCUT2D eigenvalue weighted by Crippen LogP contribution is -2.33. The number of carbonyl (C=O) groups excluding carboxylic acids is 2. The molecular weight excluding hydrogens is 905 g/mol. The van der Waals surface area contributed by atoms with E-state index in [9.17, 15) is 42.7 Å². The Kier molecular flexibility index (Phi) is 21.3. The van der Waals surface area contributed by atoms with Gasteiger partial charge in [0, 0.05) is 11.8 Å². The van der Waals surface area contributed by atoms with Crippen molar-refractivity contribution in [1.29, 1.82) is 0 Å². The summed E-state index contributed by atoms with van der Waals surface area (Å²) in [6.07, 6.45) is 11.4. The van der Waals surface area contributed by atoms with Gasteiger partial charge in [0.15, 0.2) is 6.23 Å². The molecule has 64 heavy (non-hydrogen) atoms. The molecule has 0 bridgehead atoms. The van der Waals surface area contributed by atoms with E-state index in [1.54, 1.807) is 6.92 Å². The number of nitrogens with one attached hydrogen (secondary N) is 1. The number of phosphoric acid groups is 3. The number of aromatic amines is 1. The van der Waals surface area contributed by atoms with Gasteiger partial charge in [-0.3, -0.25) is 27.9 Å². The normalized spacial score (nSPS) is 17.5. The SMILES string of the molecule is CCCCCCCCCCCCOC(=O)Oc1ccc(COP(=O)(OCc2ccc(OC(=O)OCC)cc2)OP(=O)(O)OP(=O)(O)OC[C@@H]2C=C[C@H](n3cc(C)c(=O)[nH]c3=O)O2)cc1. The number of carbonyl (C=O) groups is 2. The monoisotopic (exact) mass is 960 g/mol. The molecule has 0 radical (unpaired) electrons. The van der Waals surface area contributed by atoms with Crippen LogP contribution < -0.4 is 20.7 Å². The Hall–Kier alpha value is -4.23. The van der Waals surface area contributed by atoms with Crippen molar-refractivity contribution < 1.29 is 78.9 Å². The first-order valence-corrected chi connectivity index (χ1v) is 25.1. The maximum atomic E-state index is 13.9. The highest BCUT2D eigenvalue weighted by molar-refractivity contribution is 7.67. The fraction of sp³-hybridized carbons (Fsp3) is 0.500. The molecule has 0 fully saturated rings. The Labute approximate surface area is 369 Å². The van der Waals surface area contributed by atoms with Crippen LogP contribution in [0.2, 0.25) is 0 Å². The summed E-state index contributed by atoms with van der Waals surface area (Å²) < 4.78 is 91.1. The van der Waals surface area contributed by atoms with Crippen LogP contribution in [0.3, 0.4) is 0 Å². The molecule has 1 aliphatic rings. The maximum absolute atomic E-state index is 13.9. The molecule has 3 aromatic rings. The Morgan fingerprint density at radius 1 is 0.703 bits per heavy atom. The molecule has 4 rings (SSSR count). The van der Waals surface area contributed by atoms with Gasteiger partial charge < -0.3 is 33.5 Å². The second-order valence-electron chi connectivity index (χ2n) is 14.3. The van der Waals surface area contributed by atoms with Crippen LogP contribution in [-0.4, -0.2) is 57.6 Å². The molecule has 21 nitrogen and oxygen atoms in total. The first-order chi connectivity index (χ1) is 30.5. The topological polar surface area (TPSA) is 273 Å². The predicted octanol–water partition coefficient (Wildman–Crippen LogP) is 9.06. The number of benzene rings is 2. The van der Waals surface area contributed by atoms with Crippen molar-refractivity contribution in [2.24, 2.45) is 0 Å². The lowest BCUT2D eigenvalue weighted by atomic mass is 10.1. The highest BCUT2D eigenvalue weighted by Gasteiger charge is 2.44. The number of hydrogen-bond donors (Lipinski definition) is 3. The number of aryl methyl sites for hydroxylation is 1. The van der Waals surface area contributed by atoms with Gasteiger partial charge in [-0.15, -0.1) is 0 Å². The third-order valence-corrected chi connectivity index (χ3v) is 13.7. The van der Waals surface area contributed by atoms with Gasteiger partial charge in [-0.1, -0.05) is 95.1 Å². The van der Waals surface area contributed by atoms with Crippen LogP contribution in [0.15, 0.2) is 76.5 Å². The summed E-state index contributed by atoms with van der Waals surface area (Å²) in [6.45, 7) is 3.61. The van der Waals surface area contributed by atoms with Crippen LogP contribution in [0.4, 0.5) is 9.59 Å². The van der Waals surface area contributed by atoms with Gasteiger partial charge in [0.25, 0.3) is 5.56 Å². The molecule has 3 unspecified atom stereocenters. The molecule has 2 heterocycles. The molecule has 1 aliphatic heterocycles. The first kappa shape index (κ1) is 52.4. The average molecular weight is 961 g/mol. The first-order valence-electron chi connectivity index (χ1n) is 20.6. The van der Waals surface area contributed by atoms with Crippen LogP contribution in [0.5, 0.6) is 11.5 Å². The van der Waals surface area contributed by atoms with E-state index >= 15 is 0 Å². The second-order valence-corrected chi connectivity index (χ2v) is 19.1. The number of phosphoric ester groups is 2. The van der Waals surface area contributed by atoms with Crippen LogP contribution in [0, 0.1) is 6.92 Å². The fourth-order valence-corrected chi connectivity index (χ4v) is 9.82. The summed E-state index contributed by atoms with van der Waals surface area (Å²) in [5.74, 6) is 0.207. The predicted molar refractivity (Wildman–Crippen MR) is 228 cm³/mol. The zero-order chi connectivity index (χ0) is 46.6. The third-order valence-electron chi connectivity index (χ3n) is 9.04. The lowest BCUT2D eigenvalue weighted by Gasteiger charge is -2.22. The molecule has 354 valence electrons. The van der Waals surface area contributed by atoms with E-state index in [-0.39, 0.29) is 41.4 Å². The van der Waals surface area contributed by atoms with E-state index in [1.165, 1.54) is 112 Å². The standard InChI is InChI=1S/C40H55N2O19P3/c1-4-6-7-8-9-10-11-12-13-14-25-53-40(46)59-34-21-17-32(18-22-34)28-56-64(51,55-27-31-15-19-33(20-16-31)58-39(45)52-5-2)61-63(49,50)60-62(47,48)54-29-35-23-24-36(57-35)42-26-30(3)37(43)41-38(42)44/h15-24,26,35-36H,4-14,25,27-29H2,1-3H3,(H,47,48)(H,49,50)(H,41,43,44)/t35-,36+,64?/m0/s1. The summed E-state index contributed by atoms with van der Waals surface area (Å²) in [4.78, 5) is 70.8. The smallest absolute Gasteiger partial charge is 0.434 e. The van der Waals surface area contributed by atoms with Crippen LogP contribution in [0.25, 0.3) is 0 Å². The lowest BCUT2D eigenvalue weighted by molar-refractivity contribution is -0.0105. The van der Waals surface area contributed by atoms with E-state index in [2.05, 4.69) is 16.2 Å². The molecule has 0 aliphatic carbocycles. The van der Waals surface area contributed by atoms with Gasteiger partial charge in [0.1, 0.15) is 17.6 Å². The van der Waals surface area contributed by atoms with Crippen LogP contribution in [-0.2, 0) is 63.3 Å². The minimum absolute atomic E-state index is 0.0812. The minimum atomic E-state index is -5.83. The van der Waals surface area contributed by atoms with Crippen LogP contribution >= 0.6 is 23.5 Å². The number of hydrogen-bond acceptors (Lipinski definition) is 17. The minimum Gasteiger partial charge on any atom is -0.434 e. The van der Waals surface area contributed by atoms with Crippen molar-refractivity contribution in [2.45, 2.75) is 111 Å².